The number of aliphatic carboxylic acids is 1. The van der Waals surface area contributed by atoms with Crippen LogP contribution in [0.1, 0.15) is 42.5 Å². The maximum atomic E-state index is 13.4. The van der Waals surface area contributed by atoms with E-state index < -0.39 is 23.2 Å². The zero-order valence-corrected chi connectivity index (χ0v) is 11.5. The number of nitrogens with one attached hydrogen (secondary N) is 1. The minimum Gasteiger partial charge on any atom is -0.481 e. The number of rotatable bonds is 4. The molecule has 0 unspecified atom stereocenters. The third kappa shape index (κ3) is 3.10. The van der Waals surface area contributed by atoms with Gasteiger partial charge in [0.05, 0.1) is 22.5 Å². The summed E-state index contributed by atoms with van der Waals surface area (Å²) in [6, 6.07) is 3.99. The van der Waals surface area contributed by atoms with E-state index >= 15 is 0 Å². The minimum atomic E-state index is -0.961. The van der Waals surface area contributed by atoms with Gasteiger partial charge in [-0.1, -0.05) is 30.5 Å². The van der Waals surface area contributed by atoms with Crippen LogP contribution >= 0.6 is 11.6 Å². The third-order valence-corrected chi connectivity index (χ3v) is 4.01. The standard InChI is InChI=1S/C14H15ClFNO3/c15-12-9(4-3-5-10(12)16)13(20)17-14(8-11(18)19)6-1-2-7-14/h3-5H,1-2,6-8H2,(H,17,20)(H,18,19). The average Bonchev–Trinajstić information content (AvgIpc) is 2.79. The highest BCUT2D eigenvalue weighted by Crippen LogP contribution is 2.33. The van der Waals surface area contributed by atoms with Crippen LogP contribution in [-0.4, -0.2) is 22.5 Å². The molecule has 1 saturated carbocycles. The van der Waals surface area contributed by atoms with Gasteiger partial charge in [0, 0.05) is 0 Å². The first-order valence-corrected chi connectivity index (χ1v) is 6.80. The number of amides is 1. The lowest BCUT2D eigenvalue weighted by molar-refractivity contribution is -0.138. The van der Waals surface area contributed by atoms with E-state index in [1.165, 1.54) is 18.2 Å². The van der Waals surface area contributed by atoms with Crippen LogP contribution in [0.4, 0.5) is 4.39 Å². The maximum absolute atomic E-state index is 13.4. The van der Waals surface area contributed by atoms with Crippen LogP contribution < -0.4 is 5.32 Å². The Labute approximate surface area is 120 Å². The molecule has 0 atom stereocenters. The highest BCUT2D eigenvalue weighted by atomic mass is 35.5. The third-order valence-electron chi connectivity index (χ3n) is 3.63. The average molecular weight is 300 g/mol. The van der Waals surface area contributed by atoms with Crippen molar-refractivity contribution in [2.24, 2.45) is 0 Å². The Bertz CT molecular complexity index is 541. The summed E-state index contributed by atoms with van der Waals surface area (Å²) in [6.45, 7) is 0. The van der Waals surface area contributed by atoms with Crippen molar-refractivity contribution in [3.8, 4) is 0 Å². The molecule has 0 aromatic heterocycles. The second kappa shape index (κ2) is 5.79. The summed E-state index contributed by atoms with van der Waals surface area (Å²) in [4.78, 5) is 23.2. The van der Waals surface area contributed by atoms with Gasteiger partial charge in [-0.3, -0.25) is 9.59 Å². The van der Waals surface area contributed by atoms with Crippen LogP contribution in [0, 0.1) is 5.82 Å². The molecule has 2 N–H and O–H groups in total. The number of halogens is 2. The number of carboxylic acid groups (broad SMARTS) is 1. The van der Waals surface area contributed by atoms with E-state index in [0.29, 0.717) is 12.8 Å². The van der Waals surface area contributed by atoms with Gasteiger partial charge in [-0.25, -0.2) is 4.39 Å². The monoisotopic (exact) mass is 299 g/mol. The van der Waals surface area contributed by atoms with Gasteiger partial charge in [0.15, 0.2) is 0 Å². The van der Waals surface area contributed by atoms with Crippen molar-refractivity contribution < 1.29 is 19.1 Å². The lowest BCUT2D eigenvalue weighted by atomic mass is 9.92. The fourth-order valence-corrected chi connectivity index (χ4v) is 2.89. The summed E-state index contributed by atoms with van der Waals surface area (Å²) in [5.74, 6) is -2.16. The molecule has 4 nitrogen and oxygen atoms in total. The molecule has 1 aromatic rings. The van der Waals surface area contributed by atoms with Gasteiger partial charge in [0.25, 0.3) is 5.91 Å². The molecule has 1 aliphatic rings. The second-order valence-electron chi connectivity index (χ2n) is 5.11. The number of hydrogen-bond acceptors (Lipinski definition) is 2. The molecule has 6 heteroatoms. The van der Waals surface area contributed by atoms with Gasteiger partial charge in [-0.05, 0) is 25.0 Å². The van der Waals surface area contributed by atoms with E-state index in [1.54, 1.807) is 0 Å². The van der Waals surface area contributed by atoms with Crippen molar-refractivity contribution in [2.75, 3.05) is 0 Å². The van der Waals surface area contributed by atoms with Crippen LogP contribution in [0.2, 0.25) is 5.02 Å². The fourth-order valence-electron chi connectivity index (χ4n) is 2.67. The minimum absolute atomic E-state index is 0.0309. The summed E-state index contributed by atoms with van der Waals surface area (Å²) in [7, 11) is 0. The second-order valence-corrected chi connectivity index (χ2v) is 5.49. The SMILES string of the molecule is O=C(O)CC1(NC(=O)c2cccc(F)c2Cl)CCCC1. The molecule has 0 bridgehead atoms. The van der Waals surface area contributed by atoms with Crippen LogP contribution in [0.5, 0.6) is 0 Å². The lowest BCUT2D eigenvalue weighted by Crippen LogP contribution is -2.47. The number of hydrogen-bond donors (Lipinski definition) is 2. The molecule has 2 rings (SSSR count). The van der Waals surface area contributed by atoms with E-state index in [9.17, 15) is 14.0 Å². The van der Waals surface area contributed by atoms with Crippen molar-refractivity contribution >= 4 is 23.5 Å². The van der Waals surface area contributed by atoms with Crippen LogP contribution in [0.15, 0.2) is 18.2 Å². The summed E-state index contributed by atoms with van der Waals surface area (Å²) < 4.78 is 13.4. The van der Waals surface area contributed by atoms with E-state index in [2.05, 4.69) is 5.32 Å². The molecule has 1 aliphatic carbocycles. The molecule has 0 radical (unpaired) electrons. The topological polar surface area (TPSA) is 66.4 Å². The largest absolute Gasteiger partial charge is 0.481 e. The normalized spacial score (nSPS) is 16.9. The molecule has 20 heavy (non-hydrogen) atoms. The Balaban J connectivity index is 2.20. The van der Waals surface area contributed by atoms with Crippen LogP contribution in [0.25, 0.3) is 0 Å². The predicted molar refractivity (Wildman–Crippen MR) is 72.3 cm³/mol. The summed E-state index contributed by atoms with van der Waals surface area (Å²) in [5.41, 5.74) is -0.721. The van der Waals surface area contributed by atoms with Gasteiger partial charge in [0.2, 0.25) is 0 Å². The van der Waals surface area contributed by atoms with Gasteiger partial charge < -0.3 is 10.4 Å². The highest BCUT2D eigenvalue weighted by Gasteiger charge is 2.38. The molecular weight excluding hydrogens is 285 g/mol. The quantitative estimate of drug-likeness (QED) is 0.898. The number of carbonyl (C=O) groups is 2. The van der Waals surface area contributed by atoms with E-state index in [0.717, 1.165) is 12.8 Å². The Morgan fingerprint density at radius 2 is 2.00 bits per heavy atom. The number of carboxylic acids is 1. The summed E-state index contributed by atoms with van der Waals surface area (Å²) in [5, 5.41) is 11.5. The van der Waals surface area contributed by atoms with Gasteiger partial charge in [0.1, 0.15) is 5.82 Å². The Morgan fingerprint density at radius 1 is 1.35 bits per heavy atom. The van der Waals surface area contributed by atoms with Crippen molar-refractivity contribution in [1.29, 1.82) is 0 Å². The van der Waals surface area contributed by atoms with E-state index in [4.69, 9.17) is 16.7 Å². The first kappa shape index (κ1) is 14.8. The smallest absolute Gasteiger partial charge is 0.305 e. The van der Waals surface area contributed by atoms with Crippen molar-refractivity contribution in [3.63, 3.8) is 0 Å². The van der Waals surface area contributed by atoms with Crippen molar-refractivity contribution in [1.82, 2.24) is 5.32 Å². The Kier molecular flexibility index (Phi) is 4.28. The number of benzene rings is 1. The lowest BCUT2D eigenvalue weighted by Gasteiger charge is -2.28. The fraction of sp³-hybridized carbons (Fsp3) is 0.429. The molecule has 0 aliphatic heterocycles. The molecule has 1 amide bonds. The predicted octanol–water partition coefficient (Wildman–Crippen LogP) is 3.00. The van der Waals surface area contributed by atoms with Gasteiger partial charge >= 0.3 is 5.97 Å². The highest BCUT2D eigenvalue weighted by molar-refractivity contribution is 6.34. The van der Waals surface area contributed by atoms with Crippen molar-refractivity contribution in [2.45, 2.75) is 37.6 Å². The van der Waals surface area contributed by atoms with E-state index in [-0.39, 0.29) is 17.0 Å². The molecule has 0 saturated heterocycles. The molecule has 108 valence electrons. The van der Waals surface area contributed by atoms with Gasteiger partial charge in [-0.15, -0.1) is 0 Å². The molecule has 0 heterocycles. The Hall–Kier alpha value is -1.62. The zero-order chi connectivity index (χ0) is 14.8. The number of carbonyl (C=O) groups excluding carboxylic acids is 1. The zero-order valence-electron chi connectivity index (χ0n) is 10.8. The van der Waals surface area contributed by atoms with Crippen LogP contribution in [-0.2, 0) is 4.79 Å². The molecular formula is C14H15ClFNO3. The summed E-state index contributed by atoms with van der Waals surface area (Å²) in [6.07, 6.45) is 2.82. The Morgan fingerprint density at radius 3 is 2.60 bits per heavy atom. The van der Waals surface area contributed by atoms with Crippen molar-refractivity contribution in [3.05, 3.63) is 34.6 Å². The molecule has 1 aromatic carbocycles. The maximum Gasteiger partial charge on any atom is 0.305 e. The molecule has 1 fully saturated rings. The molecule has 0 spiro atoms. The first-order chi connectivity index (χ1) is 9.43. The first-order valence-electron chi connectivity index (χ1n) is 6.42. The van der Waals surface area contributed by atoms with Crippen LogP contribution in [0.3, 0.4) is 0 Å². The van der Waals surface area contributed by atoms with Gasteiger partial charge in [-0.2, -0.15) is 0 Å². The summed E-state index contributed by atoms with van der Waals surface area (Å²) >= 11 is 5.77. The van der Waals surface area contributed by atoms with E-state index in [1.807, 2.05) is 0 Å².